The highest BCUT2D eigenvalue weighted by Crippen LogP contribution is 2.40. The Labute approximate surface area is 96.9 Å². The van der Waals surface area contributed by atoms with E-state index in [2.05, 4.69) is 18.0 Å². The Morgan fingerprint density at radius 3 is 3.06 bits per heavy atom. The summed E-state index contributed by atoms with van der Waals surface area (Å²) in [6.07, 6.45) is 4.71. The van der Waals surface area contributed by atoms with Gasteiger partial charge in [-0.2, -0.15) is 0 Å². The second-order valence-corrected chi connectivity index (χ2v) is 5.24. The Bertz CT molecular complexity index is 413. The summed E-state index contributed by atoms with van der Waals surface area (Å²) in [4.78, 5) is 2.43. The Hall–Kier alpha value is -1.02. The van der Waals surface area contributed by atoms with E-state index in [-0.39, 0.29) is 0 Å². The second kappa shape index (κ2) is 3.77. The highest BCUT2D eigenvalue weighted by Gasteiger charge is 2.28. The Morgan fingerprint density at radius 2 is 2.19 bits per heavy atom. The van der Waals surface area contributed by atoms with Gasteiger partial charge in [-0.15, -0.1) is 0 Å². The Morgan fingerprint density at radius 1 is 1.31 bits per heavy atom. The molecule has 0 saturated carbocycles. The first-order valence-electron chi connectivity index (χ1n) is 6.28. The smallest absolute Gasteiger partial charge is 0.119 e. The maximum absolute atomic E-state index is 9.96. The minimum absolute atomic E-state index is 0.521. The molecule has 1 aromatic rings. The molecule has 1 aromatic carbocycles. The number of hydrogen-bond donors (Lipinski definition) is 1. The summed E-state index contributed by atoms with van der Waals surface area (Å²) >= 11 is 0. The van der Waals surface area contributed by atoms with Crippen LogP contribution in [0.25, 0.3) is 0 Å². The number of phenolic OH excluding ortho intramolecular Hbond substituents is 1. The fourth-order valence-electron chi connectivity index (χ4n) is 3.32. The number of rotatable bonds is 0. The van der Waals surface area contributed by atoms with Crippen LogP contribution in [0.15, 0.2) is 12.1 Å². The van der Waals surface area contributed by atoms with Gasteiger partial charge in [0.05, 0.1) is 0 Å². The first-order chi connectivity index (χ1) is 7.75. The van der Waals surface area contributed by atoms with E-state index in [0.717, 1.165) is 25.9 Å². The molecule has 0 saturated heterocycles. The van der Waals surface area contributed by atoms with Gasteiger partial charge >= 0.3 is 0 Å². The summed E-state index contributed by atoms with van der Waals surface area (Å²) in [6.45, 7) is 2.30. The van der Waals surface area contributed by atoms with Crippen LogP contribution < -0.4 is 0 Å². The molecule has 1 atom stereocenters. The van der Waals surface area contributed by atoms with Crippen LogP contribution in [0.3, 0.4) is 0 Å². The highest BCUT2D eigenvalue weighted by atomic mass is 16.3. The van der Waals surface area contributed by atoms with E-state index >= 15 is 0 Å². The third-order valence-corrected chi connectivity index (χ3v) is 4.11. The summed E-state index contributed by atoms with van der Waals surface area (Å²) < 4.78 is 0. The van der Waals surface area contributed by atoms with Crippen molar-refractivity contribution in [3.8, 4) is 5.75 Å². The lowest BCUT2D eigenvalue weighted by atomic mass is 9.79. The SMILES string of the molecule is CN1CCc2ccc(O)c3c2C(CCC3)C1. The van der Waals surface area contributed by atoms with Crippen molar-refractivity contribution in [2.24, 2.45) is 0 Å². The molecule has 0 bridgehead atoms. The zero-order chi connectivity index (χ0) is 11.1. The fourth-order valence-corrected chi connectivity index (χ4v) is 3.32. The molecule has 2 nitrogen and oxygen atoms in total. The molecule has 1 unspecified atom stereocenters. The topological polar surface area (TPSA) is 23.5 Å². The van der Waals surface area contributed by atoms with Crippen LogP contribution in [-0.2, 0) is 12.8 Å². The number of hydrogen-bond acceptors (Lipinski definition) is 2. The van der Waals surface area contributed by atoms with Crippen LogP contribution >= 0.6 is 0 Å². The number of aromatic hydroxyl groups is 1. The predicted octanol–water partition coefficient (Wildman–Crippen LogP) is 2.30. The van der Waals surface area contributed by atoms with Crippen LogP contribution in [0.2, 0.25) is 0 Å². The molecule has 0 fully saturated rings. The van der Waals surface area contributed by atoms with E-state index in [0.29, 0.717) is 11.7 Å². The van der Waals surface area contributed by atoms with Crippen molar-refractivity contribution in [3.63, 3.8) is 0 Å². The molecule has 2 heteroatoms. The fraction of sp³-hybridized carbons (Fsp3) is 0.571. The van der Waals surface area contributed by atoms with Crippen molar-refractivity contribution in [1.29, 1.82) is 0 Å². The second-order valence-electron chi connectivity index (χ2n) is 5.24. The maximum atomic E-state index is 9.96. The summed E-state index contributed by atoms with van der Waals surface area (Å²) in [5.74, 6) is 1.17. The first-order valence-corrected chi connectivity index (χ1v) is 6.28. The number of nitrogens with zero attached hydrogens (tertiary/aromatic N) is 1. The van der Waals surface area contributed by atoms with Gasteiger partial charge < -0.3 is 10.0 Å². The predicted molar refractivity (Wildman–Crippen MR) is 65.0 cm³/mol. The van der Waals surface area contributed by atoms with Gasteiger partial charge in [0.1, 0.15) is 5.75 Å². The standard InChI is InChI=1S/C14H19NO/c1-15-8-7-10-5-6-13(16)12-4-2-3-11(9-15)14(10)12/h5-6,11,16H,2-4,7-9H2,1H3. The van der Waals surface area contributed by atoms with Crippen LogP contribution in [0.4, 0.5) is 0 Å². The molecule has 3 rings (SSSR count). The van der Waals surface area contributed by atoms with Crippen molar-refractivity contribution >= 4 is 0 Å². The van der Waals surface area contributed by atoms with Crippen LogP contribution in [0.1, 0.15) is 35.4 Å². The lowest BCUT2D eigenvalue weighted by molar-refractivity contribution is 0.312. The molecule has 1 aliphatic heterocycles. The number of likely N-dealkylation sites (N-methyl/N-ethyl adjacent to an activating group) is 1. The number of phenols is 1. The van der Waals surface area contributed by atoms with Crippen LogP contribution in [0.5, 0.6) is 5.75 Å². The Balaban J connectivity index is 2.14. The zero-order valence-electron chi connectivity index (χ0n) is 9.87. The van der Waals surface area contributed by atoms with E-state index in [4.69, 9.17) is 0 Å². The molecule has 86 valence electrons. The lowest BCUT2D eigenvalue weighted by Crippen LogP contribution is -2.25. The molecule has 2 aliphatic rings. The van der Waals surface area contributed by atoms with Crippen molar-refractivity contribution in [1.82, 2.24) is 4.90 Å². The van der Waals surface area contributed by atoms with Gasteiger partial charge in [0.2, 0.25) is 0 Å². The number of benzene rings is 1. The highest BCUT2D eigenvalue weighted by molar-refractivity contribution is 5.48. The van der Waals surface area contributed by atoms with Crippen molar-refractivity contribution in [2.45, 2.75) is 31.6 Å². The monoisotopic (exact) mass is 217 g/mol. The summed E-state index contributed by atoms with van der Waals surface area (Å²) in [6, 6.07) is 4.02. The minimum atomic E-state index is 0.521. The molecule has 16 heavy (non-hydrogen) atoms. The lowest BCUT2D eigenvalue weighted by Gasteiger charge is -2.28. The van der Waals surface area contributed by atoms with E-state index in [1.54, 1.807) is 0 Å². The molecule has 0 amide bonds. The summed E-state index contributed by atoms with van der Waals surface area (Å²) in [7, 11) is 2.21. The molecular weight excluding hydrogens is 198 g/mol. The molecular formula is C14H19NO. The average molecular weight is 217 g/mol. The van der Waals surface area contributed by atoms with Crippen molar-refractivity contribution < 1.29 is 5.11 Å². The molecule has 0 aromatic heterocycles. The third-order valence-electron chi connectivity index (χ3n) is 4.11. The largest absolute Gasteiger partial charge is 0.508 e. The summed E-state index contributed by atoms with van der Waals surface area (Å²) in [5.41, 5.74) is 4.20. The maximum Gasteiger partial charge on any atom is 0.119 e. The van der Waals surface area contributed by atoms with E-state index < -0.39 is 0 Å². The molecule has 0 radical (unpaired) electrons. The Kier molecular flexibility index (Phi) is 2.40. The van der Waals surface area contributed by atoms with Crippen LogP contribution in [0, 0.1) is 0 Å². The van der Waals surface area contributed by atoms with Gasteiger partial charge in [-0.25, -0.2) is 0 Å². The quantitative estimate of drug-likeness (QED) is 0.721. The van der Waals surface area contributed by atoms with E-state index in [1.807, 2.05) is 6.07 Å². The first kappa shape index (κ1) is 10.2. The minimum Gasteiger partial charge on any atom is -0.508 e. The summed E-state index contributed by atoms with van der Waals surface area (Å²) in [5, 5.41) is 9.96. The third kappa shape index (κ3) is 1.52. The van der Waals surface area contributed by atoms with Gasteiger partial charge in [-0.3, -0.25) is 0 Å². The van der Waals surface area contributed by atoms with Gasteiger partial charge in [-0.05, 0) is 61.4 Å². The van der Waals surface area contributed by atoms with Gasteiger partial charge in [-0.1, -0.05) is 6.07 Å². The normalized spacial score (nSPS) is 24.9. The average Bonchev–Trinajstić information content (AvgIpc) is 2.44. The molecule has 0 spiro atoms. The van der Waals surface area contributed by atoms with Gasteiger partial charge in [0.25, 0.3) is 0 Å². The van der Waals surface area contributed by atoms with E-state index in [1.165, 1.54) is 29.5 Å². The van der Waals surface area contributed by atoms with Gasteiger partial charge in [0.15, 0.2) is 0 Å². The van der Waals surface area contributed by atoms with Crippen molar-refractivity contribution in [3.05, 3.63) is 28.8 Å². The van der Waals surface area contributed by atoms with Crippen LogP contribution in [-0.4, -0.2) is 30.1 Å². The molecule has 1 N–H and O–H groups in total. The van der Waals surface area contributed by atoms with Crippen molar-refractivity contribution in [2.75, 3.05) is 20.1 Å². The zero-order valence-corrected chi connectivity index (χ0v) is 9.87. The molecule has 1 heterocycles. The molecule has 1 aliphatic carbocycles. The van der Waals surface area contributed by atoms with E-state index in [9.17, 15) is 5.11 Å². The van der Waals surface area contributed by atoms with Gasteiger partial charge in [0, 0.05) is 13.1 Å².